The lowest BCUT2D eigenvalue weighted by atomic mass is 9.98. The minimum Gasteiger partial charge on any atom is -0.338 e. The zero-order valence-corrected chi connectivity index (χ0v) is 12.0. The molecule has 1 aliphatic heterocycles. The molecule has 6 heteroatoms. The van der Waals surface area contributed by atoms with Crippen molar-refractivity contribution in [1.82, 2.24) is 0 Å². The molecule has 0 aliphatic carbocycles. The maximum absolute atomic E-state index is 13.1. The summed E-state index contributed by atoms with van der Waals surface area (Å²) in [7, 11) is -2.74. The van der Waals surface area contributed by atoms with Gasteiger partial charge in [-0.1, -0.05) is 28.8 Å². The van der Waals surface area contributed by atoms with Gasteiger partial charge in [0.2, 0.25) is 6.23 Å². The Balaban J connectivity index is 2.00. The second kappa shape index (κ2) is 5.90. The molecule has 0 aromatic heterocycles. The molecule has 0 amide bonds. The maximum atomic E-state index is 13.1. The van der Waals surface area contributed by atoms with Gasteiger partial charge in [-0.15, -0.1) is 4.89 Å². The van der Waals surface area contributed by atoms with Gasteiger partial charge in [-0.3, -0.25) is 0 Å². The third-order valence-electron chi connectivity index (χ3n) is 3.57. The van der Waals surface area contributed by atoms with Gasteiger partial charge < -0.3 is 4.90 Å². The van der Waals surface area contributed by atoms with Crippen LogP contribution in [0.2, 0.25) is 0 Å². The van der Waals surface area contributed by atoms with Gasteiger partial charge in [0.05, 0.1) is 0 Å². The van der Waals surface area contributed by atoms with Crippen LogP contribution < -0.4 is 4.90 Å². The molecule has 2 atom stereocenters. The first kappa shape index (κ1) is 14.1. The molecular weight excluding hydrogens is 292 g/mol. The molecule has 0 saturated carbocycles. The summed E-state index contributed by atoms with van der Waals surface area (Å²) in [5, 5.41) is 0. The van der Waals surface area contributed by atoms with E-state index in [-0.39, 0.29) is 5.82 Å². The molecule has 3 rings (SSSR count). The fourth-order valence-corrected chi connectivity index (χ4v) is 3.02. The smallest absolute Gasteiger partial charge is 0.338 e. The van der Waals surface area contributed by atoms with Gasteiger partial charge >= 0.3 is 8.25 Å². The minimum absolute atomic E-state index is 0.318. The molecule has 0 radical (unpaired) electrons. The molecule has 1 unspecified atom stereocenters. The lowest BCUT2D eigenvalue weighted by Gasteiger charge is -2.35. The second-order valence-electron chi connectivity index (χ2n) is 4.81. The van der Waals surface area contributed by atoms with Gasteiger partial charge in [0.1, 0.15) is 5.82 Å². The van der Waals surface area contributed by atoms with E-state index in [9.17, 15) is 8.96 Å². The quantitative estimate of drug-likeness (QED) is 0.881. The van der Waals surface area contributed by atoms with Crippen LogP contribution in [0.3, 0.4) is 0 Å². The highest BCUT2D eigenvalue weighted by Crippen LogP contribution is 2.39. The molecule has 2 aromatic carbocycles. The summed E-state index contributed by atoms with van der Waals surface area (Å²) in [4.78, 5) is 11.0. The Morgan fingerprint density at radius 3 is 2.62 bits per heavy atom. The van der Waals surface area contributed by atoms with E-state index in [1.54, 1.807) is 12.1 Å². The summed E-state index contributed by atoms with van der Waals surface area (Å²) >= 11 is 0. The van der Waals surface area contributed by atoms with Crippen LogP contribution >= 0.6 is 8.25 Å². The van der Waals surface area contributed by atoms with Crippen LogP contribution in [-0.4, -0.2) is 11.4 Å². The second-order valence-corrected chi connectivity index (χ2v) is 5.50. The molecule has 0 spiro atoms. The molecule has 1 N–H and O–H groups in total. The number of nitrogens with zero attached hydrogens (tertiary/aromatic N) is 1. The van der Waals surface area contributed by atoms with Crippen LogP contribution in [0.15, 0.2) is 48.5 Å². The average Bonchev–Trinajstić information content (AvgIpc) is 2.48. The molecule has 0 fully saturated rings. The Labute approximate surface area is 122 Å². The van der Waals surface area contributed by atoms with Crippen LogP contribution in [0.1, 0.15) is 17.4 Å². The van der Waals surface area contributed by atoms with Gasteiger partial charge in [-0.25, -0.2) is 4.39 Å². The topological polar surface area (TPSA) is 49.8 Å². The molecule has 0 bridgehead atoms. The largest absolute Gasteiger partial charge is 0.697 e. The van der Waals surface area contributed by atoms with Crippen LogP contribution in [0.5, 0.6) is 0 Å². The number of rotatable bonds is 3. The van der Waals surface area contributed by atoms with Crippen LogP contribution in [0.4, 0.5) is 10.1 Å². The lowest BCUT2D eigenvalue weighted by Crippen LogP contribution is -2.36. The Morgan fingerprint density at radius 1 is 1.19 bits per heavy atom. The van der Waals surface area contributed by atoms with Crippen LogP contribution in [0, 0.1) is 5.82 Å². The van der Waals surface area contributed by atoms with Crippen molar-refractivity contribution in [1.29, 1.82) is 0 Å². The zero-order valence-electron chi connectivity index (χ0n) is 11.1. The standard InChI is InChI=1S/C15H13FNO3P/c16-12-5-7-13(8-6-12)17-10-9-11-3-1-2-4-14(11)15(17)20-21(18)19/h1-8,15H,9-10H2/p+1/t15-/m0/s1. The number of benzene rings is 2. The van der Waals surface area contributed by atoms with Crippen LogP contribution in [0.25, 0.3) is 0 Å². The number of anilines is 1. The van der Waals surface area contributed by atoms with Crippen molar-refractivity contribution >= 4 is 13.9 Å². The van der Waals surface area contributed by atoms with Crippen molar-refractivity contribution in [2.75, 3.05) is 11.4 Å². The summed E-state index contributed by atoms with van der Waals surface area (Å²) in [6, 6.07) is 13.7. The van der Waals surface area contributed by atoms with Crippen molar-refractivity contribution in [3.63, 3.8) is 0 Å². The number of halogens is 1. The number of hydrogen-bond acceptors (Lipinski definition) is 3. The Bertz CT molecular complexity index is 662. The maximum Gasteiger partial charge on any atom is 0.697 e. The van der Waals surface area contributed by atoms with Gasteiger partial charge in [0.25, 0.3) is 0 Å². The van der Waals surface area contributed by atoms with E-state index >= 15 is 0 Å². The Morgan fingerprint density at radius 2 is 1.90 bits per heavy atom. The van der Waals surface area contributed by atoms with E-state index in [2.05, 4.69) is 0 Å². The van der Waals surface area contributed by atoms with E-state index in [1.807, 2.05) is 29.2 Å². The Kier molecular flexibility index (Phi) is 3.97. The van der Waals surface area contributed by atoms with Gasteiger partial charge in [-0.05, 0) is 36.2 Å². The molecule has 0 saturated heterocycles. The highest BCUT2D eigenvalue weighted by molar-refractivity contribution is 7.32. The van der Waals surface area contributed by atoms with Crippen molar-refractivity contribution < 1.29 is 18.4 Å². The first-order chi connectivity index (χ1) is 10.1. The van der Waals surface area contributed by atoms with Gasteiger partial charge in [0.15, 0.2) is 0 Å². The third kappa shape index (κ3) is 2.95. The van der Waals surface area contributed by atoms with Crippen molar-refractivity contribution in [2.45, 2.75) is 12.6 Å². The minimum atomic E-state index is -2.74. The highest BCUT2D eigenvalue weighted by atomic mass is 31.1. The number of hydrogen-bond donors (Lipinski definition) is 1. The average molecular weight is 306 g/mol. The zero-order chi connectivity index (χ0) is 14.8. The van der Waals surface area contributed by atoms with Crippen LogP contribution in [-0.2, 0) is 15.5 Å². The third-order valence-corrected chi connectivity index (χ3v) is 3.95. The molecule has 1 heterocycles. The van der Waals surface area contributed by atoms with E-state index < -0.39 is 14.5 Å². The molecular formula is C15H14FNO3P+. The number of fused-ring (bicyclic) bond motifs is 1. The summed E-state index contributed by atoms with van der Waals surface area (Å²) < 4.78 is 29.4. The van der Waals surface area contributed by atoms with Crippen molar-refractivity contribution in [3.8, 4) is 0 Å². The van der Waals surface area contributed by atoms with E-state index in [4.69, 9.17) is 9.42 Å². The van der Waals surface area contributed by atoms with Gasteiger partial charge in [0, 0.05) is 22.4 Å². The Hall–Kier alpha value is -1.81. The van der Waals surface area contributed by atoms with E-state index in [1.165, 1.54) is 12.1 Å². The molecule has 2 aromatic rings. The molecule has 21 heavy (non-hydrogen) atoms. The van der Waals surface area contributed by atoms with E-state index in [0.717, 1.165) is 23.2 Å². The fourth-order valence-electron chi connectivity index (χ4n) is 2.62. The van der Waals surface area contributed by atoms with E-state index in [0.29, 0.717) is 6.54 Å². The lowest BCUT2D eigenvalue weighted by molar-refractivity contribution is 0.179. The van der Waals surface area contributed by atoms with Crippen molar-refractivity contribution in [2.24, 2.45) is 0 Å². The SMILES string of the molecule is O=[P+](O)O[C@H]1c2ccccc2CCN1c1ccc(F)cc1. The summed E-state index contributed by atoms with van der Waals surface area (Å²) in [6.07, 6.45) is 0.157. The normalized spacial score (nSPS) is 18.3. The van der Waals surface area contributed by atoms with Crippen molar-refractivity contribution in [3.05, 3.63) is 65.5 Å². The monoisotopic (exact) mass is 306 g/mol. The fraction of sp³-hybridized carbons (Fsp3) is 0.200. The first-order valence-corrected chi connectivity index (χ1v) is 7.71. The summed E-state index contributed by atoms with van der Waals surface area (Å²) in [6.45, 7) is 0.635. The molecule has 108 valence electrons. The molecule has 4 nitrogen and oxygen atoms in total. The first-order valence-electron chi connectivity index (χ1n) is 6.58. The predicted octanol–water partition coefficient (Wildman–Crippen LogP) is 3.55. The summed E-state index contributed by atoms with van der Waals surface area (Å²) in [5.41, 5.74) is 2.72. The highest BCUT2D eigenvalue weighted by Gasteiger charge is 2.35. The summed E-state index contributed by atoms with van der Waals surface area (Å²) in [5.74, 6) is -0.318. The predicted molar refractivity (Wildman–Crippen MR) is 77.5 cm³/mol. The molecule has 1 aliphatic rings. The van der Waals surface area contributed by atoms with Gasteiger partial charge in [-0.2, -0.15) is 0 Å².